The predicted octanol–water partition coefficient (Wildman–Crippen LogP) is 0.887. The van der Waals surface area contributed by atoms with E-state index in [4.69, 9.17) is 5.84 Å². The Balaban J connectivity index is 2.35. The molecule has 4 nitrogen and oxygen atoms in total. The molecule has 0 saturated carbocycles. The van der Waals surface area contributed by atoms with Crippen LogP contribution in [0.15, 0.2) is 0 Å². The van der Waals surface area contributed by atoms with Crippen LogP contribution in [0.5, 0.6) is 0 Å². The number of amides is 1. The lowest BCUT2D eigenvalue weighted by Gasteiger charge is -2.33. The number of nitrogens with zero attached hydrogens (tertiary/aromatic N) is 1. The van der Waals surface area contributed by atoms with E-state index in [0.717, 1.165) is 0 Å². The van der Waals surface area contributed by atoms with Gasteiger partial charge in [0.15, 0.2) is 0 Å². The Morgan fingerprint density at radius 3 is 2.41 bits per heavy atom. The molecule has 1 rings (SSSR count). The smallest absolute Gasteiger partial charge is 0.303 e. The average molecular weight is 253 g/mol. The van der Waals surface area contributed by atoms with Crippen molar-refractivity contribution in [2.75, 3.05) is 19.6 Å². The molecule has 7 heteroatoms. The molecule has 0 radical (unpaired) electrons. The summed E-state index contributed by atoms with van der Waals surface area (Å²) in [5.74, 6) is 3.20. The second kappa shape index (κ2) is 5.68. The van der Waals surface area contributed by atoms with Gasteiger partial charge in [0.25, 0.3) is 0 Å². The highest BCUT2D eigenvalue weighted by atomic mass is 19.4. The van der Waals surface area contributed by atoms with Crippen LogP contribution in [0.4, 0.5) is 13.2 Å². The molecule has 1 heterocycles. The highest BCUT2D eigenvalue weighted by Crippen LogP contribution is 2.34. The van der Waals surface area contributed by atoms with Gasteiger partial charge in [0.2, 0.25) is 5.91 Å². The Morgan fingerprint density at radius 1 is 1.47 bits per heavy atom. The lowest BCUT2D eigenvalue weighted by molar-refractivity contribution is -0.185. The van der Waals surface area contributed by atoms with Gasteiger partial charge in [-0.2, -0.15) is 13.2 Å². The second-order valence-electron chi connectivity index (χ2n) is 4.53. The Kier molecular flexibility index (Phi) is 4.76. The molecular weight excluding hydrogens is 235 g/mol. The summed E-state index contributed by atoms with van der Waals surface area (Å²) in [6.45, 7) is 2.92. The van der Waals surface area contributed by atoms with Crippen molar-refractivity contribution in [3.05, 3.63) is 0 Å². The molecule has 0 bridgehead atoms. The van der Waals surface area contributed by atoms with Gasteiger partial charge in [-0.25, -0.2) is 5.84 Å². The van der Waals surface area contributed by atoms with Crippen molar-refractivity contribution < 1.29 is 18.0 Å². The van der Waals surface area contributed by atoms with Gasteiger partial charge in [-0.15, -0.1) is 0 Å². The maximum atomic E-state index is 12.4. The number of rotatable bonds is 3. The third kappa shape index (κ3) is 4.16. The molecule has 0 aromatic carbocycles. The number of halogens is 3. The van der Waals surface area contributed by atoms with Crippen LogP contribution in [0, 0.1) is 11.8 Å². The number of carbonyl (C=O) groups is 1. The van der Waals surface area contributed by atoms with Gasteiger partial charge in [0.1, 0.15) is 0 Å². The number of nitrogens with one attached hydrogen (secondary N) is 1. The van der Waals surface area contributed by atoms with Crippen molar-refractivity contribution in [2.24, 2.45) is 17.7 Å². The van der Waals surface area contributed by atoms with E-state index >= 15 is 0 Å². The first-order chi connectivity index (χ1) is 7.84. The first kappa shape index (κ1) is 14.2. The fraction of sp³-hybridized carbons (Fsp3) is 0.900. The zero-order chi connectivity index (χ0) is 13.1. The Morgan fingerprint density at radius 2 is 2.00 bits per heavy atom. The molecular formula is C10H18F3N3O. The molecule has 1 aliphatic heterocycles. The molecule has 17 heavy (non-hydrogen) atoms. The van der Waals surface area contributed by atoms with E-state index in [1.807, 2.05) is 10.3 Å². The molecule has 0 aromatic heterocycles. The zero-order valence-electron chi connectivity index (χ0n) is 9.76. The fourth-order valence-corrected chi connectivity index (χ4v) is 2.06. The van der Waals surface area contributed by atoms with Crippen molar-refractivity contribution in [3.8, 4) is 0 Å². The van der Waals surface area contributed by atoms with Crippen LogP contribution in [0.1, 0.15) is 19.8 Å². The number of hydrazine groups is 1. The Bertz CT molecular complexity index is 262. The molecule has 1 aliphatic rings. The van der Waals surface area contributed by atoms with Crippen molar-refractivity contribution in [1.82, 2.24) is 10.3 Å². The Hall–Kier alpha value is -0.820. The van der Waals surface area contributed by atoms with Crippen LogP contribution in [0.2, 0.25) is 0 Å². The van der Waals surface area contributed by atoms with E-state index in [0.29, 0.717) is 19.6 Å². The monoisotopic (exact) mass is 253 g/mol. The first-order valence-corrected chi connectivity index (χ1v) is 5.64. The lowest BCUT2D eigenvalue weighted by atomic mass is 9.95. The topological polar surface area (TPSA) is 58.4 Å². The summed E-state index contributed by atoms with van der Waals surface area (Å²) in [5.41, 5.74) is 2.04. The van der Waals surface area contributed by atoms with Crippen LogP contribution in [0.3, 0.4) is 0 Å². The molecule has 1 atom stereocenters. The Labute approximate surface area is 98.3 Å². The van der Waals surface area contributed by atoms with E-state index in [1.54, 1.807) is 6.92 Å². The minimum absolute atomic E-state index is 0.112. The molecule has 1 unspecified atom stereocenters. The maximum absolute atomic E-state index is 12.4. The van der Waals surface area contributed by atoms with Crippen molar-refractivity contribution >= 4 is 5.91 Å². The second-order valence-corrected chi connectivity index (χ2v) is 4.53. The van der Waals surface area contributed by atoms with Crippen molar-refractivity contribution in [1.29, 1.82) is 0 Å². The number of carbonyl (C=O) groups excluding carboxylic acids is 1. The van der Waals surface area contributed by atoms with Crippen LogP contribution < -0.4 is 11.3 Å². The van der Waals surface area contributed by atoms with Gasteiger partial charge in [0.05, 0.1) is 5.92 Å². The SMILES string of the molecule is CC(CN1CCC(C(F)(F)F)CC1)C(=O)NN. The highest BCUT2D eigenvalue weighted by molar-refractivity contribution is 5.77. The first-order valence-electron chi connectivity index (χ1n) is 5.64. The van der Waals surface area contributed by atoms with Crippen LogP contribution in [-0.4, -0.2) is 36.6 Å². The van der Waals surface area contributed by atoms with Crippen LogP contribution >= 0.6 is 0 Å². The van der Waals surface area contributed by atoms with Crippen LogP contribution in [0.25, 0.3) is 0 Å². The maximum Gasteiger partial charge on any atom is 0.391 e. The lowest BCUT2D eigenvalue weighted by Crippen LogP contribution is -2.44. The van der Waals surface area contributed by atoms with E-state index in [1.165, 1.54) is 0 Å². The fourth-order valence-electron chi connectivity index (χ4n) is 2.06. The minimum Gasteiger partial charge on any atom is -0.303 e. The summed E-state index contributed by atoms with van der Waals surface area (Å²) in [4.78, 5) is 13.0. The number of alkyl halides is 3. The number of hydrogen-bond donors (Lipinski definition) is 2. The average Bonchev–Trinajstić information content (AvgIpc) is 2.27. The quantitative estimate of drug-likeness (QED) is 0.446. The molecule has 100 valence electrons. The summed E-state index contributed by atoms with van der Waals surface area (Å²) in [5, 5.41) is 0. The minimum atomic E-state index is -4.09. The third-order valence-electron chi connectivity index (χ3n) is 3.17. The van der Waals surface area contributed by atoms with Crippen molar-refractivity contribution in [2.45, 2.75) is 25.9 Å². The van der Waals surface area contributed by atoms with Gasteiger partial charge in [0, 0.05) is 12.5 Å². The molecule has 3 N–H and O–H groups in total. The number of hydrogen-bond acceptors (Lipinski definition) is 3. The van der Waals surface area contributed by atoms with Gasteiger partial charge in [-0.1, -0.05) is 6.92 Å². The normalized spacial score (nSPS) is 21.2. The summed E-state index contributed by atoms with van der Waals surface area (Å²) >= 11 is 0. The van der Waals surface area contributed by atoms with Gasteiger partial charge < -0.3 is 4.90 Å². The predicted molar refractivity (Wildman–Crippen MR) is 56.7 cm³/mol. The summed E-state index contributed by atoms with van der Waals surface area (Å²) in [6, 6.07) is 0. The van der Waals surface area contributed by atoms with E-state index in [9.17, 15) is 18.0 Å². The summed E-state index contributed by atoms with van der Waals surface area (Å²) in [7, 11) is 0. The van der Waals surface area contributed by atoms with E-state index < -0.39 is 12.1 Å². The highest BCUT2D eigenvalue weighted by Gasteiger charge is 2.41. The van der Waals surface area contributed by atoms with E-state index in [2.05, 4.69) is 0 Å². The number of piperidine rings is 1. The molecule has 1 saturated heterocycles. The molecule has 0 aliphatic carbocycles. The standard InChI is InChI=1S/C10H18F3N3O/c1-7(9(17)15-14)6-16-4-2-8(3-5-16)10(11,12)13/h7-8H,2-6,14H2,1H3,(H,15,17). The van der Waals surface area contributed by atoms with Gasteiger partial charge in [-0.05, 0) is 25.9 Å². The third-order valence-corrected chi connectivity index (χ3v) is 3.17. The molecule has 0 aromatic rings. The van der Waals surface area contributed by atoms with Gasteiger partial charge in [-0.3, -0.25) is 10.2 Å². The largest absolute Gasteiger partial charge is 0.391 e. The number of likely N-dealkylation sites (tertiary alicyclic amines) is 1. The zero-order valence-corrected chi connectivity index (χ0v) is 9.76. The molecule has 0 spiro atoms. The van der Waals surface area contributed by atoms with Gasteiger partial charge >= 0.3 is 6.18 Å². The van der Waals surface area contributed by atoms with Crippen molar-refractivity contribution in [3.63, 3.8) is 0 Å². The molecule has 1 amide bonds. The summed E-state index contributed by atoms with van der Waals surface area (Å²) in [6.07, 6.45) is -3.87. The van der Waals surface area contributed by atoms with Crippen LogP contribution in [-0.2, 0) is 4.79 Å². The molecule has 1 fully saturated rings. The van der Waals surface area contributed by atoms with E-state index in [-0.39, 0.29) is 24.7 Å². The summed E-state index contributed by atoms with van der Waals surface area (Å²) < 4.78 is 37.2. The number of nitrogens with two attached hydrogens (primary N) is 1.